The van der Waals surface area contributed by atoms with Gasteiger partial charge < -0.3 is 10.6 Å². The Morgan fingerprint density at radius 3 is 2.91 bits per heavy atom. The highest BCUT2D eigenvalue weighted by Crippen LogP contribution is 2.29. The number of likely N-dealkylation sites (tertiary alicyclic amines) is 1. The lowest BCUT2D eigenvalue weighted by Gasteiger charge is -2.18. The molecule has 1 aromatic rings. The van der Waals surface area contributed by atoms with Crippen molar-refractivity contribution in [3.05, 3.63) is 16.1 Å². The lowest BCUT2D eigenvalue weighted by Crippen LogP contribution is -2.44. The number of nitrogens with one attached hydrogen (secondary N) is 2. The molecule has 22 heavy (non-hydrogen) atoms. The van der Waals surface area contributed by atoms with Crippen molar-refractivity contribution in [3.63, 3.8) is 0 Å². The van der Waals surface area contributed by atoms with Gasteiger partial charge in [0.1, 0.15) is 0 Å². The predicted octanol–water partition coefficient (Wildman–Crippen LogP) is 2.23. The van der Waals surface area contributed by atoms with Crippen molar-refractivity contribution in [2.45, 2.75) is 51.2 Å². The van der Waals surface area contributed by atoms with Crippen LogP contribution in [0.2, 0.25) is 0 Å². The first-order valence-electron chi connectivity index (χ1n) is 7.93. The van der Waals surface area contributed by atoms with Gasteiger partial charge in [0.15, 0.2) is 5.96 Å². The van der Waals surface area contributed by atoms with Crippen LogP contribution in [0.25, 0.3) is 0 Å². The average molecular weight is 435 g/mol. The standard InChI is InChI=1S/C15H25N5S.HI/c1-3-14-18-12(10-21-14)8-17-15(16-2)19-11-6-7-20(9-11)13-4-5-13;/h10-11,13H,3-9H2,1-2H3,(H2,16,17,19);1H. The second kappa shape index (κ2) is 8.44. The Labute approximate surface area is 154 Å². The molecule has 0 spiro atoms. The van der Waals surface area contributed by atoms with E-state index >= 15 is 0 Å². The van der Waals surface area contributed by atoms with Gasteiger partial charge in [-0.25, -0.2) is 4.98 Å². The molecule has 1 unspecified atom stereocenters. The second-order valence-corrected chi connectivity index (χ2v) is 6.81. The quantitative estimate of drug-likeness (QED) is 0.423. The third-order valence-electron chi connectivity index (χ3n) is 4.19. The third kappa shape index (κ3) is 4.79. The molecule has 1 aliphatic heterocycles. The van der Waals surface area contributed by atoms with Gasteiger partial charge in [0, 0.05) is 37.6 Å². The topological polar surface area (TPSA) is 52.6 Å². The Hall–Kier alpha value is -0.410. The van der Waals surface area contributed by atoms with Gasteiger partial charge in [-0.2, -0.15) is 0 Å². The largest absolute Gasteiger partial charge is 0.352 e. The summed E-state index contributed by atoms with van der Waals surface area (Å²) in [6.45, 7) is 5.27. The van der Waals surface area contributed by atoms with Gasteiger partial charge in [0.05, 0.1) is 17.2 Å². The van der Waals surface area contributed by atoms with Gasteiger partial charge in [0.2, 0.25) is 0 Å². The average Bonchev–Trinajstić information content (AvgIpc) is 3.08. The fourth-order valence-electron chi connectivity index (χ4n) is 2.83. The first kappa shape index (κ1) is 17.9. The minimum absolute atomic E-state index is 0. The highest BCUT2D eigenvalue weighted by atomic mass is 127. The molecule has 2 N–H and O–H groups in total. The van der Waals surface area contributed by atoms with Crippen molar-refractivity contribution in [2.75, 3.05) is 20.1 Å². The molecule has 0 aromatic carbocycles. The summed E-state index contributed by atoms with van der Waals surface area (Å²) in [4.78, 5) is 11.5. The lowest BCUT2D eigenvalue weighted by molar-refractivity contribution is 0.321. The van der Waals surface area contributed by atoms with Crippen LogP contribution >= 0.6 is 35.3 Å². The molecule has 1 saturated carbocycles. The van der Waals surface area contributed by atoms with E-state index in [9.17, 15) is 0 Å². The molecule has 124 valence electrons. The minimum Gasteiger partial charge on any atom is -0.352 e. The van der Waals surface area contributed by atoms with E-state index in [1.54, 1.807) is 11.3 Å². The summed E-state index contributed by atoms with van der Waals surface area (Å²) in [5.41, 5.74) is 1.10. The van der Waals surface area contributed by atoms with Gasteiger partial charge in [-0.3, -0.25) is 9.89 Å². The van der Waals surface area contributed by atoms with Crippen LogP contribution in [0.15, 0.2) is 10.4 Å². The number of aromatic nitrogens is 1. The van der Waals surface area contributed by atoms with E-state index in [1.807, 2.05) is 7.05 Å². The minimum atomic E-state index is 0. The van der Waals surface area contributed by atoms with Crippen molar-refractivity contribution in [1.82, 2.24) is 20.5 Å². The van der Waals surface area contributed by atoms with Crippen LogP contribution in [-0.4, -0.2) is 48.1 Å². The maximum absolute atomic E-state index is 4.58. The number of hydrogen-bond acceptors (Lipinski definition) is 4. The van der Waals surface area contributed by atoms with E-state index in [2.05, 4.69) is 37.8 Å². The van der Waals surface area contributed by atoms with E-state index in [4.69, 9.17) is 0 Å². The molecule has 0 bridgehead atoms. The number of nitrogens with zero attached hydrogens (tertiary/aromatic N) is 3. The van der Waals surface area contributed by atoms with E-state index in [1.165, 1.54) is 30.8 Å². The highest BCUT2D eigenvalue weighted by Gasteiger charge is 2.34. The molecule has 7 heteroatoms. The molecule has 1 saturated heterocycles. The smallest absolute Gasteiger partial charge is 0.191 e. The molecule has 5 nitrogen and oxygen atoms in total. The predicted molar refractivity (Wildman–Crippen MR) is 103 cm³/mol. The zero-order valence-electron chi connectivity index (χ0n) is 13.3. The maximum Gasteiger partial charge on any atom is 0.191 e. The van der Waals surface area contributed by atoms with Crippen LogP contribution in [-0.2, 0) is 13.0 Å². The third-order valence-corrected chi connectivity index (χ3v) is 5.23. The molecule has 0 amide bonds. The fourth-order valence-corrected chi connectivity index (χ4v) is 3.58. The second-order valence-electron chi connectivity index (χ2n) is 5.87. The van der Waals surface area contributed by atoms with Crippen LogP contribution in [0.3, 0.4) is 0 Å². The van der Waals surface area contributed by atoms with Crippen LogP contribution in [0.4, 0.5) is 0 Å². The summed E-state index contributed by atoms with van der Waals surface area (Å²) < 4.78 is 0. The monoisotopic (exact) mass is 435 g/mol. The number of thiazole rings is 1. The summed E-state index contributed by atoms with van der Waals surface area (Å²) in [6.07, 6.45) is 5.01. The summed E-state index contributed by atoms with van der Waals surface area (Å²) in [6, 6.07) is 1.40. The van der Waals surface area contributed by atoms with Crippen molar-refractivity contribution in [2.24, 2.45) is 4.99 Å². The summed E-state index contributed by atoms with van der Waals surface area (Å²) in [7, 11) is 1.83. The van der Waals surface area contributed by atoms with Crippen LogP contribution < -0.4 is 10.6 Å². The Kier molecular flexibility index (Phi) is 6.88. The normalized spacial score (nSPS) is 22.5. The van der Waals surface area contributed by atoms with Gasteiger partial charge in [-0.1, -0.05) is 6.92 Å². The molecule has 2 heterocycles. The Balaban J connectivity index is 0.00000176. The van der Waals surface area contributed by atoms with Gasteiger partial charge in [0.25, 0.3) is 0 Å². The Morgan fingerprint density at radius 1 is 1.45 bits per heavy atom. The zero-order chi connectivity index (χ0) is 14.7. The number of rotatable bonds is 5. The number of aryl methyl sites for hydroxylation is 1. The number of guanidine groups is 1. The van der Waals surface area contributed by atoms with Gasteiger partial charge >= 0.3 is 0 Å². The molecule has 1 atom stereocenters. The zero-order valence-corrected chi connectivity index (χ0v) is 16.5. The van der Waals surface area contributed by atoms with E-state index in [0.29, 0.717) is 6.04 Å². The first-order chi connectivity index (χ1) is 10.3. The first-order valence-corrected chi connectivity index (χ1v) is 8.81. The number of hydrogen-bond donors (Lipinski definition) is 2. The van der Waals surface area contributed by atoms with Crippen molar-refractivity contribution in [3.8, 4) is 0 Å². The Morgan fingerprint density at radius 2 is 2.27 bits per heavy atom. The van der Waals surface area contributed by atoms with E-state index in [-0.39, 0.29) is 24.0 Å². The maximum atomic E-state index is 4.58. The molecule has 1 aromatic heterocycles. The van der Waals surface area contributed by atoms with Crippen LogP contribution in [0.1, 0.15) is 36.9 Å². The van der Waals surface area contributed by atoms with Gasteiger partial charge in [-0.15, -0.1) is 35.3 Å². The fraction of sp³-hybridized carbons (Fsp3) is 0.733. The molecule has 2 aliphatic rings. The van der Waals surface area contributed by atoms with E-state index < -0.39 is 0 Å². The summed E-state index contributed by atoms with van der Waals surface area (Å²) in [5.74, 6) is 0.892. The molecular weight excluding hydrogens is 409 g/mol. The lowest BCUT2D eigenvalue weighted by atomic mass is 10.3. The van der Waals surface area contributed by atoms with Crippen molar-refractivity contribution in [1.29, 1.82) is 0 Å². The van der Waals surface area contributed by atoms with Crippen molar-refractivity contribution < 1.29 is 0 Å². The molecule has 1 aliphatic carbocycles. The molecule has 3 rings (SSSR count). The number of aliphatic imine (C=N–C) groups is 1. The molecular formula is C15H26IN5S. The SMILES string of the molecule is CCc1nc(CNC(=NC)NC2CCN(C3CC3)C2)cs1.I. The summed E-state index contributed by atoms with van der Waals surface area (Å²) in [5, 5.41) is 10.2. The summed E-state index contributed by atoms with van der Waals surface area (Å²) >= 11 is 1.73. The van der Waals surface area contributed by atoms with E-state index in [0.717, 1.165) is 37.2 Å². The van der Waals surface area contributed by atoms with Gasteiger partial charge in [-0.05, 0) is 25.7 Å². The van der Waals surface area contributed by atoms with Crippen LogP contribution in [0.5, 0.6) is 0 Å². The number of halogens is 1. The highest BCUT2D eigenvalue weighted by molar-refractivity contribution is 14.0. The Bertz CT molecular complexity index is 500. The van der Waals surface area contributed by atoms with Crippen LogP contribution in [0, 0.1) is 0 Å². The molecule has 0 radical (unpaired) electrons. The van der Waals surface area contributed by atoms with Crippen molar-refractivity contribution >= 4 is 41.3 Å². The molecule has 2 fully saturated rings.